The molecule has 2 unspecified atom stereocenters. The highest BCUT2D eigenvalue weighted by molar-refractivity contribution is 5.95. The molecule has 5 heteroatoms. The van der Waals surface area contributed by atoms with Gasteiger partial charge in [-0.2, -0.15) is 0 Å². The van der Waals surface area contributed by atoms with Crippen molar-refractivity contribution in [2.45, 2.75) is 57.7 Å². The summed E-state index contributed by atoms with van der Waals surface area (Å²) in [5.74, 6) is 1.44. The SMILES string of the molecule is COc1cc(C(=O)N2CCNC(C)C2C)ccc1OC1CCCC1. The van der Waals surface area contributed by atoms with Crippen LogP contribution < -0.4 is 14.8 Å². The van der Waals surface area contributed by atoms with Crippen LogP contribution in [0.4, 0.5) is 0 Å². The highest BCUT2D eigenvalue weighted by atomic mass is 16.5. The first-order chi connectivity index (χ1) is 11.6. The number of piperazine rings is 1. The Kier molecular flexibility index (Phi) is 5.29. The number of nitrogens with one attached hydrogen (secondary N) is 1. The summed E-state index contributed by atoms with van der Waals surface area (Å²) in [6.45, 7) is 5.76. The highest BCUT2D eigenvalue weighted by Gasteiger charge is 2.29. The first-order valence-electron chi connectivity index (χ1n) is 8.99. The molecule has 0 bridgehead atoms. The minimum atomic E-state index is 0.0570. The van der Waals surface area contributed by atoms with E-state index in [-0.39, 0.29) is 18.1 Å². The monoisotopic (exact) mass is 332 g/mol. The highest BCUT2D eigenvalue weighted by Crippen LogP contribution is 2.33. The van der Waals surface area contributed by atoms with E-state index < -0.39 is 0 Å². The summed E-state index contributed by atoms with van der Waals surface area (Å²) < 4.78 is 11.5. The zero-order chi connectivity index (χ0) is 17.1. The van der Waals surface area contributed by atoms with E-state index in [1.54, 1.807) is 7.11 Å². The Bertz CT molecular complexity index is 584. The van der Waals surface area contributed by atoms with E-state index in [9.17, 15) is 4.79 Å². The normalized spacial score (nSPS) is 24.9. The van der Waals surface area contributed by atoms with E-state index in [1.165, 1.54) is 12.8 Å². The van der Waals surface area contributed by atoms with E-state index in [2.05, 4.69) is 19.2 Å². The van der Waals surface area contributed by atoms with Crippen LogP contribution in [0.2, 0.25) is 0 Å². The lowest BCUT2D eigenvalue weighted by Crippen LogP contribution is -2.57. The van der Waals surface area contributed by atoms with Crippen molar-refractivity contribution in [3.8, 4) is 11.5 Å². The molecule has 1 aromatic rings. The number of ether oxygens (including phenoxy) is 2. The van der Waals surface area contributed by atoms with Crippen molar-refractivity contribution in [2.75, 3.05) is 20.2 Å². The molecule has 2 fully saturated rings. The van der Waals surface area contributed by atoms with E-state index >= 15 is 0 Å². The maximum atomic E-state index is 12.9. The summed E-state index contributed by atoms with van der Waals surface area (Å²) in [5.41, 5.74) is 0.659. The Morgan fingerprint density at radius 1 is 1.21 bits per heavy atom. The minimum Gasteiger partial charge on any atom is -0.493 e. The van der Waals surface area contributed by atoms with E-state index in [1.807, 2.05) is 23.1 Å². The van der Waals surface area contributed by atoms with Crippen molar-refractivity contribution in [1.82, 2.24) is 10.2 Å². The lowest BCUT2D eigenvalue weighted by molar-refractivity contribution is 0.0602. The third-order valence-electron chi connectivity index (χ3n) is 5.30. The van der Waals surface area contributed by atoms with E-state index in [0.717, 1.165) is 31.7 Å². The van der Waals surface area contributed by atoms with Crippen molar-refractivity contribution in [1.29, 1.82) is 0 Å². The number of carbonyl (C=O) groups excluding carboxylic acids is 1. The molecule has 1 N–H and O–H groups in total. The zero-order valence-electron chi connectivity index (χ0n) is 14.9. The molecule has 1 aromatic carbocycles. The number of amides is 1. The number of nitrogens with zero attached hydrogens (tertiary/aromatic N) is 1. The second kappa shape index (κ2) is 7.43. The Balaban J connectivity index is 1.76. The van der Waals surface area contributed by atoms with Gasteiger partial charge in [0.05, 0.1) is 13.2 Å². The quantitative estimate of drug-likeness (QED) is 0.921. The predicted octanol–water partition coefficient (Wildman–Crippen LogP) is 2.84. The minimum absolute atomic E-state index is 0.0570. The molecule has 0 spiro atoms. The van der Waals surface area contributed by atoms with Gasteiger partial charge in [0.1, 0.15) is 0 Å². The van der Waals surface area contributed by atoms with Gasteiger partial charge in [0, 0.05) is 30.7 Å². The van der Waals surface area contributed by atoms with Gasteiger partial charge >= 0.3 is 0 Å². The van der Waals surface area contributed by atoms with Crippen LogP contribution in [0.3, 0.4) is 0 Å². The van der Waals surface area contributed by atoms with Gasteiger partial charge in [-0.15, -0.1) is 0 Å². The summed E-state index contributed by atoms with van der Waals surface area (Å²) in [7, 11) is 1.63. The van der Waals surface area contributed by atoms with Crippen molar-refractivity contribution in [3.63, 3.8) is 0 Å². The van der Waals surface area contributed by atoms with Crippen LogP contribution in [0.1, 0.15) is 49.9 Å². The van der Waals surface area contributed by atoms with Crippen LogP contribution in [0.25, 0.3) is 0 Å². The number of hydrogen-bond donors (Lipinski definition) is 1. The van der Waals surface area contributed by atoms with E-state index in [0.29, 0.717) is 17.4 Å². The van der Waals surface area contributed by atoms with Gasteiger partial charge in [-0.1, -0.05) is 0 Å². The molecule has 1 amide bonds. The molecule has 2 aliphatic rings. The van der Waals surface area contributed by atoms with Gasteiger partial charge in [-0.25, -0.2) is 0 Å². The van der Waals surface area contributed by atoms with Gasteiger partial charge in [-0.3, -0.25) is 4.79 Å². The maximum absolute atomic E-state index is 12.9. The molecule has 24 heavy (non-hydrogen) atoms. The van der Waals surface area contributed by atoms with Crippen molar-refractivity contribution >= 4 is 5.91 Å². The third-order valence-corrected chi connectivity index (χ3v) is 5.30. The van der Waals surface area contributed by atoms with Gasteiger partial charge in [-0.05, 0) is 57.7 Å². The largest absolute Gasteiger partial charge is 0.493 e. The predicted molar refractivity (Wildman–Crippen MR) is 93.8 cm³/mol. The molecule has 3 rings (SSSR count). The average molecular weight is 332 g/mol. The Morgan fingerprint density at radius 2 is 1.96 bits per heavy atom. The van der Waals surface area contributed by atoms with Gasteiger partial charge in [0.15, 0.2) is 11.5 Å². The van der Waals surface area contributed by atoms with Crippen molar-refractivity contribution < 1.29 is 14.3 Å². The summed E-state index contributed by atoms with van der Waals surface area (Å²) >= 11 is 0. The summed E-state index contributed by atoms with van der Waals surface area (Å²) in [6.07, 6.45) is 4.92. The Morgan fingerprint density at radius 3 is 2.67 bits per heavy atom. The van der Waals surface area contributed by atoms with E-state index in [4.69, 9.17) is 9.47 Å². The molecular formula is C19H28N2O3. The lowest BCUT2D eigenvalue weighted by atomic mass is 10.0. The van der Waals surface area contributed by atoms with Gasteiger partial charge in [0.25, 0.3) is 5.91 Å². The zero-order valence-corrected chi connectivity index (χ0v) is 14.9. The number of rotatable bonds is 4. The fourth-order valence-corrected chi connectivity index (χ4v) is 3.59. The smallest absolute Gasteiger partial charge is 0.254 e. The molecule has 5 nitrogen and oxygen atoms in total. The molecular weight excluding hydrogens is 304 g/mol. The Hall–Kier alpha value is -1.75. The molecule has 1 saturated heterocycles. The Labute approximate surface area is 144 Å². The first-order valence-corrected chi connectivity index (χ1v) is 8.99. The van der Waals surface area contributed by atoms with Gasteiger partial charge in [0.2, 0.25) is 0 Å². The van der Waals surface area contributed by atoms with Crippen LogP contribution in [0.5, 0.6) is 11.5 Å². The average Bonchev–Trinajstić information content (AvgIpc) is 3.10. The van der Waals surface area contributed by atoms with Crippen molar-refractivity contribution in [2.24, 2.45) is 0 Å². The summed E-state index contributed by atoms with van der Waals surface area (Å²) in [6, 6.07) is 6.02. The summed E-state index contributed by atoms with van der Waals surface area (Å²) in [4.78, 5) is 14.8. The molecule has 1 aliphatic heterocycles. The molecule has 0 radical (unpaired) electrons. The first kappa shape index (κ1) is 17.1. The van der Waals surface area contributed by atoms with Crippen LogP contribution >= 0.6 is 0 Å². The summed E-state index contributed by atoms with van der Waals surface area (Å²) in [5, 5.41) is 3.40. The second-order valence-corrected chi connectivity index (χ2v) is 6.87. The number of benzene rings is 1. The number of hydrogen-bond acceptors (Lipinski definition) is 4. The molecule has 1 saturated carbocycles. The van der Waals surface area contributed by atoms with Gasteiger partial charge < -0.3 is 19.7 Å². The molecule has 2 atom stereocenters. The molecule has 132 valence electrons. The third kappa shape index (κ3) is 3.51. The fourth-order valence-electron chi connectivity index (χ4n) is 3.59. The second-order valence-electron chi connectivity index (χ2n) is 6.87. The maximum Gasteiger partial charge on any atom is 0.254 e. The molecule has 1 aliphatic carbocycles. The van der Waals surface area contributed by atoms with Crippen LogP contribution in [0.15, 0.2) is 18.2 Å². The number of carbonyl (C=O) groups is 1. The fraction of sp³-hybridized carbons (Fsp3) is 0.632. The lowest BCUT2D eigenvalue weighted by Gasteiger charge is -2.38. The van der Waals surface area contributed by atoms with Crippen LogP contribution in [-0.2, 0) is 0 Å². The van der Waals surface area contributed by atoms with Crippen LogP contribution in [-0.4, -0.2) is 49.2 Å². The van der Waals surface area contributed by atoms with Crippen molar-refractivity contribution in [3.05, 3.63) is 23.8 Å². The standard InChI is InChI=1S/C19H28N2O3/c1-13-14(2)21(11-10-20-13)19(22)15-8-9-17(18(12-15)23-3)24-16-6-4-5-7-16/h8-9,12-14,16,20H,4-7,10-11H2,1-3H3. The molecule has 0 aromatic heterocycles. The molecule has 1 heterocycles. The topological polar surface area (TPSA) is 50.8 Å². The number of methoxy groups -OCH3 is 1. The van der Waals surface area contributed by atoms with Crippen LogP contribution in [0, 0.1) is 0 Å².